The highest BCUT2D eigenvalue weighted by Gasteiger charge is 2.38. The molecule has 0 unspecified atom stereocenters. The van der Waals surface area contributed by atoms with Crippen molar-refractivity contribution in [3.63, 3.8) is 0 Å². The van der Waals surface area contributed by atoms with Gasteiger partial charge in [-0.25, -0.2) is 0 Å². The van der Waals surface area contributed by atoms with Crippen molar-refractivity contribution in [3.05, 3.63) is 96.1 Å². The fraction of sp³-hybridized carbons (Fsp3) is 0.217. The monoisotopic (exact) mass is 542 g/mol. The molecule has 0 saturated carbocycles. The lowest BCUT2D eigenvalue weighted by molar-refractivity contribution is -1.03. The first-order valence-electron chi connectivity index (χ1n) is 9.14. The molecule has 0 aliphatic rings. The summed E-state index contributed by atoms with van der Waals surface area (Å²) in [5, 5.41) is 0.482. The molecule has 0 aliphatic carbocycles. The highest BCUT2D eigenvalue weighted by Crippen LogP contribution is 2.21. The van der Waals surface area contributed by atoms with E-state index >= 15 is 0 Å². The molecule has 0 heterocycles. The van der Waals surface area contributed by atoms with Crippen LogP contribution >= 0.6 is 11.6 Å². The van der Waals surface area contributed by atoms with Gasteiger partial charge in [0.05, 0.1) is 4.90 Å². The van der Waals surface area contributed by atoms with Crippen molar-refractivity contribution in [2.75, 3.05) is 0 Å². The summed E-state index contributed by atoms with van der Waals surface area (Å²) in [5.41, 5.74) is 2.34. The minimum absolute atomic E-state index is 0.0255. The Balaban J connectivity index is 2.02. The summed E-state index contributed by atoms with van der Waals surface area (Å²) in [6.45, 7) is 8.46. The van der Waals surface area contributed by atoms with Crippen LogP contribution in [0.5, 0.6) is 0 Å². The number of hydrogen-bond donors (Lipinski definition) is 0. The Bertz CT molecular complexity index is 1070. The summed E-state index contributed by atoms with van der Waals surface area (Å²) < 4.78 is 33.7. The van der Waals surface area contributed by atoms with E-state index < -0.39 is 30.4 Å². The molecule has 3 nitrogen and oxygen atoms in total. The molecule has 3 aromatic rings. The van der Waals surface area contributed by atoms with Crippen LogP contribution in [-0.4, -0.2) is 8.42 Å². The molecule has 153 valence electrons. The van der Waals surface area contributed by atoms with Crippen molar-refractivity contribution in [3.8, 4) is 0 Å². The zero-order chi connectivity index (χ0) is 21.2. The van der Waals surface area contributed by atoms with Gasteiger partial charge < -0.3 is 0 Å². The van der Waals surface area contributed by atoms with Gasteiger partial charge in [-0.1, -0.05) is 62.2 Å². The smallest absolute Gasteiger partial charge is 0.190 e. The summed E-state index contributed by atoms with van der Waals surface area (Å²) in [6.07, 6.45) is 0. The summed E-state index contributed by atoms with van der Waals surface area (Å²) in [7, 11) is -3.91. The average Bonchev–Trinajstić information content (AvgIpc) is 2.67. The van der Waals surface area contributed by atoms with Crippen molar-refractivity contribution in [2.45, 2.75) is 38.0 Å². The van der Waals surface area contributed by atoms with Crippen LogP contribution in [0.3, 0.4) is 0 Å². The first kappa shape index (κ1) is 22.3. The third-order valence-corrected chi connectivity index (χ3v) is 12.0. The first-order valence-corrected chi connectivity index (χ1v) is 14.0. The van der Waals surface area contributed by atoms with Gasteiger partial charge in [0.25, 0.3) is 0 Å². The lowest BCUT2D eigenvalue weighted by Crippen LogP contribution is -3.85. The van der Waals surface area contributed by atoms with E-state index in [2.05, 4.69) is 32.9 Å². The van der Waals surface area contributed by atoms with Crippen molar-refractivity contribution in [2.24, 2.45) is 0 Å². The van der Waals surface area contributed by atoms with Gasteiger partial charge in [-0.2, -0.15) is 8.42 Å². The standard InChI is InChI=1S/C23H24ClIO3S/c1-17-5-11-20(12-6-17)25(21-13-7-18(8-14-21)23(2,3)4)28-29(26,27)22-15-9-19(24)10-16-22/h5-16H,1-4H3/q+1. The first-order chi connectivity index (χ1) is 13.6. The Kier molecular flexibility index (Phi) is 6.73. The summed E-state index contributed by atoms with van der Waals surface area (Å²) in [5.74, 6) is 0. The Labute approximate surface area is 186 Å². The zero-order valence-corrected chi connectivity index (χ0v) is 20.5. The van der Waals surface area contributed by atoms with Crippen LogP contribution in [0.1, 0.15) is 31.9 Å². The van der Waals surface area contributed by atoms with E-state index in [-0.39, 0.29) is 10.3 Å². The number of rotatable bonds is 5. The third-order valence-electron chi connectivity index (χ3n) is 4.37. The highest BCUT2D eigenvalue weighted by molar-refractivity contribution is 7.86. The molecule has 0 fully saturated rings. The molecule has 0 N–H and O–H groups in total. The largest absolute Gasteiger partial charge is 0.336 e. The van der Waals surface area contributed by atoms with E-state index in [1.807, 2.05) is 43.3 Å². The van der Waals surface area contributed by atoms with Gasteiger partial charge in [-0.05, 0) is 68.9 Å². The fourth-order valence-electron chi connectivity index (χ4n) is 2.63. The Morgan fingerprint density at radius 3 is 1.76 bits per heavy atom. The molecule has 0 aromatic heterocycles. The van der Waals surface area contributed by atoms with Gasteiger partial charge in [0.1, 0.15) is 0 Å². The van der Waals surface area contributed by atoms with Gasteiger partial charge in [0.2, 0.25) is 0 Å². The van der Waals surface area contributed by atoms with E-state index in [4.69, 9.17) is 14.1 Å². The second kappa shape index (κ2) is 8.76. The van der Waals surface area contributed by atoms with E-state index in [9.17, 15) is 8.42 Å². The zero-order valence-electron chi connectivity index (χ0n) is 16.8. The van der Waals surface area contributed by atoms with Gasteiger partial charge >= 0.3 is 30.4 Å². The fourth-order valence-corrected chi connectivity index (χ4v) is 9.64. The molecule has 0 aliphatic heterocycles. The van der Waals surface area contributed by atoms with Crippen LogP contribution in [0.25, 0.3) is 0 Å². The van der Waals surface area contributed by atoms with Crippen LogP contribution in [-0.2, 0) is 18.0 Å². The predicted molar refractivity (Wildman–Crippen MR) is 113 cm³/mol. The Hall–Kier alpha value is -1.41. The molecule has 1 radical (unpaired) electrons. The lowest BCUT2D eigenvalue weighted by atomic mass is 9.87. The molecular weight excluding hydrogens is 519 g/mol. The van der Waals surface area contributed by atoms with Crippen molar-refractivity contribution in [1.82, 2.24) is 0 Å². The second-order valence-corrected chi connectivity index (χ2v) is 14.7. The van der Waals surface area contributed by atoms with Crippen LogP contribution < -0.4 is 20.2 Å². The average molecular weight is 543 g/mol. The molecule has 0 amide bonds. The summed E-state index contributed by atoms with van der Waals surface area (Å²) >= 11 is 3.20. The molecule has 6 heteroatoms. The topological polar surface area (TPSA) is 43.4 Å². The SMILES string of the molecule is Cc1ccc([I+](OS(=O)(=O)c2ccc(Cl)cc2)c2ccc(C(C)(C)C)cc2)cc1. The Morgan fingerprint density at radius 2 is 1.28 bits per heavy atom. The maximum Gasteiger partial charge on any atom is 0.336 e. The van der Waals surface area contributed by atoms with Gasteiger partial charge in [0, 0.05) is 5.02 Å². The lowest BCUT2D eigenvalue weighted by Gasteiger charge is -2.18. The predicted octanol–water partition coefficient (Wildman–Crippen LogP) is 2.93. The van der Waals surface area contributed by atoms with Crippen LogP contribution in [0.4, 0.5) is 0 Å². The summed E-state index contributed by atoms with van der Waals surface area (Å²) in [6, 6.07) is 22.1. The van der Waals surface area contributed by atoms with E-state index in [0.29, 0.717) is 5.02 Å². The van der Waals surface area contributed by atoms with Crippen molar-refractivity contribution in [1.29, 1.82) is 0 Å². The van der Waals surface area contributed by atoms with Gasteiger partial charge in [-0.15, -0.1) is 0 Å². The molecule has 29 heavy (non-hydrogen) atoms. The van der Waals surface area contributed by atoms with Crippen molar-refractivity contribution >= 4 is 21.7 Å². The minimum atomic E-state index is -3.91. The van der Waals surface area contributed by atoms with E-state index in [1.54, 1.807) is 12.1 Å². The molecule has 0 saturated heterocycles. The second-order valence-electron chi connectivity index (χ2n) is 7.77. The van der Waals surface area contributed by atoms with E-state index in [0.717, 1.165) is 12.7 Å². The molecular formula is C23H24ClIO3S+. The maximum absolute atomic E-state index is 13.0. The molecule has 0 spiro atoms. The number of aryl methyl sites for hydroxylation is 1. The quantitative estimate of drug-likeness (QED) is 0.466. The van der Waals surface area contributed by atoms with Crippen LogP contribution in [0, 0.1) is 14.1 Å². The molecule has 3 aromatic carbocycles. The normalized spacial score (nSPS) is 12.3. The molecule has 0 bridgehead atoms. The number of benzene rings is 3. The van der Waals surface area contributed by atoms with Gasteiger partial charge in [-0.3, -0.25) is 0 Å². The summed E-state index contributed by atoms with van der Waals surface area (Å²) in [4.78, 5) is 0.114. The molecule has 3 rings (SSSR count). The Morgan fingerprint density at radius 1 is 0.793 bits per heavy atom. The molecule has 0 atom stereocenters. The maximum atomic E-state index is 13.0. The highest BCUT2D eigenvalue weighted by atomic mass is 127. The third kappa shape index (κ3) is 5.60. The van der Waals surface area contributed by atoms with Gasteiger partial charge in [0.15, 0.2) is 7.14 Å². The number of hydrogen-bond acceptors (Lipinski definition) is 3. The van der Waals surface area contributed by atoms with Crippen LogP contribution in [0.2, 0.25) is 5.02 Å². The van der Waals surface area contributed by atoms with Crippen LogP contribution in [0.15, 0.2) is 77.7 Å². The minimum Gasteiger partial charge on any atom is -0.190 e. The van der Waals surface area contributed by atoms with E-state index in [1.165, 1.54) is 17.7 Å². The van der Waals surface area contributed by atoms with Crippen molar-refractivity contribution < 1.29 is 31.2 Å². The number of halogens is 2.